The van der Waals surface area contributed by atoms with Crippen molar-refractivity contribution in [2.45, 2.75) is 18.9 Å². The van der Waals surface area contributed by atoms with Gasteiger partial charge in [0.15, 0.2) is 5.82 Å². The van der Waals surface area contributed by atoms with Crippen LogP contribution < -0.4 is 16.6 Å². The summed E-state index contributed by atoms with van der Waals surface area (Å²) in [6.07, 6.45) is 3.31. The van der Waals surface area contributed by atoms with Crippen LogP contribution in [0.1, 0.15) is 21.5 Å². The number of fused-ring (bicyclic) bond motifs is 1. The Bertz CT molecular complexity index is 664. The second kappa shape index (κ2) is 5.83. The van der Waals surface area contributed by atoms with E-state index >= 15 is 0 Å². The van der Waals surface area contributed by atoms with Crippen molar-refractivity contribution in [1.29, 1.82) is 0 Å². The smallest absolute Gasteiger partial charge is 0.255 e. The van der Waals surface area contributed by atoms with Gasteiger partial charge in [-0.1, -0.05) is 24.3 Å². The zero-order valence-corrected chi connectivity index (χ0v) is 12.9. The van der Waals surface area contributed by atoms with Crippen LogP contribution >= 0.6 is 15.9 Å². The Labute approximate surface area is 131 Å². The minimum Gasteiger partial charge on any atom is -0.349 e. The molecule has 0 fully saturated rings. The average Bonchev–Trinajstić information content (AvgIpc) is 2.89. The molecule has 1 aliphatic carbocycles. The van der Waals surface area contributed by atoms with Crippen LogP contribution in [0.2, 0.25) is 0 Å². The fraction of sp³-hybridized carbons (Fsp3) is 0.200. The highest BCUT2D eigenvalue weighted by molar-refractivity contribution is 9.10. The molecule has 1 aliphatic rings. The second-order valence-corrected chi connectivity index (χ2v) is 5.96. The van der Waals surface area contributed by atoms with Gasteiger partial charge in [0.2, 0.25) is 0 Å². The summed E-state index contributed by atoms with van der Waals surface area (Å²) in [4.78, 5) is 16.5. The Balaban J connectivity index is 1.75. The van der Waals surface area contributed by atoms with Crippen molar-refractivity contribution in [2.75, 3.05) is 5.43 Å². The summed E-state index contributed by atoms with van der Waals surface area (Å²) in [7, 11) is 0. The van der Waals surface area contributed by atoms with Gasteiger partial charge in [0.1, 0.15) is 0 Å². The van der Waals surface area contributed by atoms with Gasteiger partial charge in [-0.25, -0.2) is 10.8 Å². The molecule has 1 aromatic heterocycles. The van der Waals surface area contributed by atoms with Gasteiger partial charge in [-0.3, -0.25) is 4.79 Å². The molecule has 0 atom stereocenters. The number of nitrogen functional groups attached to an aromatic ring is 1. The van der Waals surface area contributed by atoms with Gasteiger partial charge in [-0.2, -0.15) is 0 Å². The van der Waals surface area contributed by atoms with Crippen LogP contribution in [0, 0.1) is 0 Å². The minimum absolute atomic E-state index is 0.111. The molecule has 0 unspecified atom stereocenters. The van der Waals surface area contributed by atoms with Gasteiger partial charge in [-0.15, -0.1) is 0 Å². The number of halogens is 1. The molecule has 6 heteroatoms. The van der Waals surface area contributed by atoms with E-state index in [4.69, 9.17) is 5.84 Å². The van der Waals surface area contributed by atoms with Crippen molar-refractivity contribution in [3.8, 4) is 0 Å². The van der Waals surface area contributed by atoms with Gasteiger partial charge in [0.25, 0.3) is 5.91 Å². The van der Waals surface area contributed by atoms with E-state index in [2.05, 4.69) is 43.8 Å². The molecule has 5 nitrogen and oxygen atoms in total. The molecule has 1 heterocycles. The third kappa shape index (κ3) is 2.91. The number of benzene rings is 1. The first-order chi connectivity index (χ1) is 10.2. The quantitative estimate of drug-likeness (QED) is 0.586. The number of hydrogen-bond acceptors (Lipinski definition) is 4. The number of nitrogens with two attached hydrogens (primary N) is 1. The van der Waals surface area contributed by atoms with Crippen LogP contribution in [0.15, 0.2) is 41.0 Å². The molecule has 2 aromatic rings. The lowest BCUT2D eigenvalue weighted by Crippen LogP contribution is -2.36. The van der Waals surface area contributed by atoms with E-state index in [1.165, 1.54) is 11.1 Å². The topological polar surface area (TPSA) is 80.0 Å². The standard InChI is InChI=1S/C15H15BrN4O/c16-11-7-13(14(20-17)18-8-11)15(21)19-12-5-9-3-1-2-4-10(9)6-12/h1-4,7-8,12H,5-6,17H2,(H,18,20)(H,19,21). The van der Waals surface area contributed by atoms with Crippen LogP contribution in [-0.4, -0.2) is 16.9 Å². The number of hydrogen-bond donors (Lipinski definition) is 3. The number of nitrogens with one attached hydrogen (secondary N) is 2. The Hall–Kier alpha value is -1.92. The number of aromatic nitrogens is 1. The molecular weight excluding hydrogens is 332 g/mol. The summed E-state index contributed by atoms with van der Waals surface area (Å²) >= 11 is 3.32. The number of amides is 1. The van der Waals surface area contributed by atoms with Crippen molar-refractivity contribution in [3.05, 3.63) is 57.7 Å². The lowest BCUT2D eigenvalue weighted by Gasteiger charge is -2.14. The van der Waals surface area contributed by atoms with E-state index < -0.39 is 0 Å². The molecule has 4 N–H and O–H groups in total. The van der Waals surface area contributed by atoms with Crippen molar-refractivity contribution in [3.63, 3.8) is 0 Å². The Kier molecular flexibility index (Phi) is 3.90. The van der Waals surface area contributed by atoms with Crippen molar-refractivity contribution < 1.29 is 4.79 Å². The van der Waals surface area contributed by atoms with Gasteiger partial charge in [-0.05, 0) is 46.0 Å². The molecular formula is C15H15BrN4O. The fourth-order valence-electron chi connectivity index (χ4n) is 2.65. The number of nitrogens with zero attached hydrogens (tertiary/aromatic N) is 1. The van der Waals surface area contributed by atoms with Crippen LogP contribution in [0.25, 0.3) is 0 Å². The average molecular weight is 347 g/mol. The van der Waals surface area contributed by atoms with Gasteiger partial charge >= 0.3 is 0 Å². The van der Waals surface area contributed by atoms with Gasteiger partial charge in [0, 0.05) is 16.7 Å². The maximum Gasteiger partial charge on any atom is 0.255 e. The first-order valence-corrected chi connectivity index (χ1v) is 7.46. The minimum atomic E-state index is -0.172. The number of rotatable bonds is 3. The predicted octanol–water partition coefficient (Wildman–Crippen LogP) is 2.03. The molecule has 0 saturated carbocycles. The zero-order valence-electron chi connectivity index (χ0n) is 11.3. The maximum atomic E-state index is 12.4. The maximum absolute atomic E-state index is 12.4. The second-order valence-electron chi connectivity index (χ2n) is 5.04. The summed E-state index contributed by atoms with van der Waals surface area (Å²) < 4.78 is 0.737. The number of anilines is 1. The van der Waals surface area contributed by atoms with Crippen LogP contribution in [-0.2, 0) is 12.8 Å². The zero-order chi connectivity index (χ0) is 14.8. The van der Waals surface area contributed by atoms with Crippen LogP contribution in [0.5, 0.6) is 0 Å². The highest BCUT2D eigenvalue weighted by atomic mass is 79.9. The number of hydrazine groups is 1. The summed E-state index contributed by atoms with van der Waals surface area (Å²) in [5, 5.41) is 3.05. The molecule has 0 saturated heterocycles. The van der Waals surface area contributed by atoms with E-state index in [1.54, 1.807) is 12.3 Å². The Morgan fingerprint density at radius 1 is 1.29 bits per heavy atom. The monoisotopic (exact) mass is 346 g/mol. The van der Waals surface area contributed by atoms with Crippen molar-refractivity contribution in [2.24, 2.45) is 5.84 Å². The molecule has 108 valence electrons. The molecule has 0 aliphatic heterocycles. The van der Waals surface area contributed by atoms with E-state index in [0.29, 0.717) is 11.4 Å². The first-order valence-electron chi connectivity index (χ1n) is 6.67. The van der Waals surface area contributed by atoms with Crippen molar-refractivity contribution in [1.82, 2.24) is 10.3 Å². The fourth-order valence-corrected chi connectivity index (χ4v) is 2.98. The number of pyridine rings is 1. The SMILES string of the molecule is NNc1ncc(Br)cc1C(=O)NC1Cc2ccccc2C1. The van der Waals surface area contributed by atoms with Gasteiger partial charge in [0.05, 0.1) is 5.56 Å². The Morgan fingerprint density at radius 2 is 1.95 bits per heavy atom. The third-order valence-electron chi connectivity index (χ3n) is 3.62. The summed E-state index contributed by atoms with van der Waals surface area (Å²) in [5.74, 6) is 5.60. The molecule has 0 spiro atoms. The molecule has 21 heavy (non-hydrogen) atoms. The van der Waals surface area contributed by atoms with E-state index in [0.717, 1.165) is 17.3 Å². The molecule has 1 aromatic carbocycles. The van der Waals surface area contributed by atoms with E-state index in [1.807, 2.05) is 12.1 Å². The Morgan fingerprint density at radius 3 is 2.57 bits per heavy atom. The number of carbonyl (C=O) groups is 1. The van der Waals surface area contributed by atoms with Crippen LogP contribution in [0.3, 0.4) is 0 Å². The van der Waals surface area contributed by atoms with Crippen molar-refractivity contribution >= 4 is 27.7 Å². The molecule has 3 rings (SSSR count). The largest absolute Gasteiger partial charge is 0.349 e. The highest BCUT2D eigenvalue weighted by Crippen LogP contribution is 2.23. The lowest BCUT2D eigenvalue weighted by molar-refractivity contribution is 0.0939. The van der Waals surface area contributed by atoms with Gasteiger partial charge < -0.3 is 10.7 Å². The summed E-state index contributed by atoms with van der Waals surface area (Å²) in [6.45, 7) is 0. The highest BCUT2D eigenvalue weighted by Gasteiger charge is 2.24. The molecule has 0 radical (unpaired) electrons. The molecule has 0 bridgehead atoms. The molecule has 1 amide bonds. The number of carbonyl (C=O) groups excluding carboxylic acids is 1. The van der Waals surface area contributed by atoms with E-state index in [9.17, 15) is 4.79 Å². The first kappa shape index (κ1) is 14.0. The van der Waals surface area contributed by atoms with E-state index in [-0.39, 0.29) is 11.9 Å². The summed E-state index contributed by atoms with van der Waals surface area (Å²) in [6, 6.07) is 10.1. The lowest BCUT2D eigenvalue weighted by atomic mass is 10.1. The summed E-state index contributed by atoms with van der Waals surface area (Å²) in [5.41, 5.74) is 5.48. The predicted molar refractivity (Wildman–Crippen MR) is 84.9 cm³/mol. The normalized spacial score (nSPS) is 13.8. The third-order valence-corrected chi connectivity index (χ3v) is 4.06. The van der Waals surface area contributed by atoms with Crippen LogP contribution in [0.4, 0.5) is 5.82 Å².